The zero-order valence-corrected chi connectivity index (χ0v) is 26.8. The average Bonchev–Trinajstić information content (AvgIpc) is 2.95. The topological polar surface area (TPSA) is 196 Å². The number of rotatable bonds is 7. The van der Waals surface area contributed by atoms with E-state index >= 15 is 0 Å². The fraction of sp³-hybridized carbons (Fsp3) is 0.471. The van der Waals surface area contributed by atoms with E-state index in [0.29, 0.717) is 22.4 Å². The summed E-state index contributed by atoms with van der Waals surface area (Å²) in [6.45, 7) is 5.08. The molecule has 2 aromatic rings. The van der Waals surface area contributed by atoms with E-state index in [0.717, 1.165) is 0 Å². The number of carbonyl (C=O) groups excluding carboxylic acids is 6. The number of primary amides is 1. The van der Waals surface area contributed by atoms with Crippen molar-refractivity contribution in [3.8, 4) is 16.9 Å². The molecule has 3 unspecified atom stereocenters. The second-order valence-corrected chi connectivity index (χ2v) is 13.8. The summed E-state index contributed by atoms with van der Waals surface area (Å²) in [5.41, 5.74) is 1.96. The first-order chi connectivity index (χ1) is 21.4. The van der Waals surface area contributed by atoms with Crippen molar-refractivity contribution in [3.05, 3.63) is 47.5 Å². The molecule has 2 fully saturated rings. The van der Waals surface area contributed by atoms with Gasteiger partial charge in [-0.25, -0.2) is 0 Å². The molecule has 12 heteroatoms. The largest absolute Gasteiger partial charge is 0.507 e. The molecular weight excluding hydrogens is 592 g/mol. The van der Waals surface area contributed by atoms with Crippen LogP contribution in [0.1, 0.15) is 49.5 Å². The predicted octanol–water partition coefficient (Wildman–Crippen LogP) is 1.25. The number of hydrogen-bond donors (Lipinski definition) is 5. The van der Waals surface area contributed by atoms with Crippen molar-refractivity contribution >= 4 is 40.6 Å². The van der Waals surface area contributed by atoms with Gasteiger partial charge in [-0.15, -0.1) is 0 Å². The van der Waals surface area contributed by atoms with Gasteiger partial charge < -0.3 is 26.6 Å². The molecular formula is C34H40N4O8. The van der Waals surface area contributed by atoms with Crippen molar-refractivity contribution in [2.45, 2.75) is 57.7 Å². The van der Waals surface area contributed by atoms with Crippen LogP contribution in [0.5, 0.6) is 5.75 Å². The van der Waals surface area contributed by atoms with Crippen molar-refractivity contribution < 1.29 is 39.0 Å². The quantitative estimate of drug-likeness (QED) is 0.277. The van der Waals surface area contributed by atoms with Crippen LogP contribution >= 0.6 is 0 Å². The van der Waals surface area contributed by atoms with E-state index in [9.17, 15) is 39.0 Å². The fourth-order valence-corrected chi connectivity index (χ4v) is 8.31. The molecule has 0 saturated heterocycles. The van der Waals surface area contributed by atoms with Gasteiger partial charge in [0.25, 0.3) is 0 Å². The Bertz CT molecular complexity index is 1690. The number of nitrogens with zero attached hydrogens (tertiary/aromatic N) is 1. The number of phenols is 1. The van der Waals surface area contributed by atoms with Gasteiger partial charge in [0, 0.05) is 23.6 Å². The Hall–Kier alpha value is -4.26. The standard InChI is InChI=1S/C34H40N4O8/c1-16(36-4)13-22(40)37-18-9-7-17(8-10-18)19-11-12-21(39)23-20(19)14-32(2)15-33(3)28(38(5)6)27(42)24(31(35)45)29(43)34(33,46)30(44)25(32)26(23)41/h7-12,16,24-25,28,36,39,46H,13-15H2,1-6H3,(H2,35,45)(H,37,40)/t16?,24?,25?,28-,32+,33+,34-/m1/s1. The van der Waals surface area contributed by atoms with Crippen molar-refractivity contribution in [1.29, 1.82) is 0 Å². The molecule has 0 heterocycles. The van der Waals surface area contributed by atoms with E-state index in [-0.39, 0.29) is 42.5 Å². The zero-order valence-electron chi connectivity index (χ0n) is 26.8. The van der Waals surface area contributed by atoms with E-state index in [4.69, 9.17) is 5.73 Å². The van der Waals surface area contributed by atoms with Gasteiger partial charge in [-0.2, -0.15) is 0 Å². The van der Waals surface area contributed by atoms with Gasteiger partial charge >= 0.3 is 0 Å². The smallest absolute Gasteiger partial charge is 0.235 e. The van der Waals surface area contributed by atoms with Gasteiger partial charge in [-0.3, -0.25) is 33.7 Å². The summed E-state index contributed by atoms with van der Waals surface area (Å²) >= 11 is 0. The minimum absolute atomic E-state index is 0.00197. The number of benzene rings is 2. The first-order valence-electron chi connectivity index (χ1n) is 15.2. The van der Waals surface area contributed by atoms with Crippen LogP contribution in [0.2, 0.25) is 0 Å². The van der Waals surface area contributed by atoms with Crippen molar-refractivity contribution in [3.63, 3.8) is 0 Å². The van der Waals surface area contributed by atoms with Crippen molar-refractivity contribution in [1.82, 2.24) is 10.2 Å². The number of ketones is 4. The number of phenolic OH excluding ortho intramolecular Hbond substituents is 1. The number of likely N-dealkylation sites (N-methyl/N-ethyl adjacent to an activating group) is 1. The fourth-order valence-electron chi connectivity index (χ4n) is 8.31. The van der Waals surface area contributed by atoms with Gasteiger partial charge in [0.2, 0.25) is 11.8 Å². The summed E-state index contributed by atoms with van der Waals surface area (Å²) in [5, 5.41) is 28.9. The second-order valence-electron chi connectivity index (χ2n) is 13.8. The lowest BCUT2D eigenvalue weighted by Crippen LogP contribution is -2.79. The summed E-state index contributed by atoms with van der Waals surface area (Å²) in [5.74, 6) is -9.36. The van der Waals surface area contributed by atoms with Gasteiger partial charge in [-0.1, -0.05) is 32.0 Å². The number of nitrogens with one attached hydrogen (secondary N) is 2. The second kappa shape index (κ2) is 11.2. The molecule has 3 aliphatic rings. The maximum atomic E-state index is 14.4. The summed E-state index contributed by atoms with van der Waals surface area (Å²) in [7, 11) is 4.87. The molecule has 0 aromatic heterocycles. The number of aromatic hydroxyl groups is 1. The molecule has 2 amide bonds. The predicted molar refractivity (Wildman–Crippen MR) is 168 cm³/mol. The summed E-state index contributed by atoms with van der Waals surface area (Å²) < 4.78 is 0. The average molecular weight is 633 g/mol. The Balaban J connectivity index is 1.60. The molecule has 0 bridgehead atoms. The Morgan fingerprint density at radius 3 is 2.24 bits per heavy atom. The van der Waals surface area contributed by atoms with Crippen LogP contribution in [0.4, 0.5) is 5.69 Å². The lowest BCUT2D eigenvalue weighted by atomic mass is 9.42. The number of Topliss-reactive ketones (excluding diaryl/α,β-unsaturated/α-hetero) is 4. The third-order valence-corrected chi connectivity index (χ3v) is 10.3. The number of anilines is 1. The van der Waals surface area contributed by atoms with E-state index in [1.807, 2.05) is 6.92 Å². The third kappa shape index (κ3) is 4.69. The summed E-state index contributed by atoms with van der Waals surface area (Å²) in [6, 6.07) is 8.79. The van der Waals surface area contributed by atoms with Gasteiger partial charge in [0.05, 0.1) is 17.5 Å². The van der Waals surface area contributed by atoms with Crippen molar-refractivity contribution in [2.24, 2.45) is 28.4 Å². The zero-order chi connectivity index (χ0) is 34.1. The number of fused-ring (bicyclic) bond motifs is 3. The van der Waals surface area contributed by atoms with Crippen LogP contribution in [0, 0.1) is 22.7 Å². The SMILES string of the molecule is CNC(C)CC(=O)Nc1ccc(-c2ccc(O)c3c2C[C@@]2(C)C[C@@]4(C)[C@H](N(C)C)C(=O)C(C(N)=O)C(=O)[C@@]4(O)C(=O)C2C3=O)cc1. The lowest BCUT2D eigenvalue weighted by Gasteiger charge is -2.61. The Kier molecular flexibility index (Phi) is 8.07. The van der Waals surface area contributed by atoms with Crippen LogP contribution in [0.15, 0.2) is 36.4 Å². The first kappa shape index (κ1) is 33.1. The Morgan fingerprint density at radius 1 is 1.04 bits per heavy atom. The molecule has 0 radical (unpaired) electrons. The molecule has 12 nitrogen and oxygen atoms in total. The highest BCUT2D eigenvalue weighted by Crippen LogP contribution is 2.62. The lowest BCUT2D eigenvalue weighted by molar-refractivity contribution is -0.203. The summed E-state index contributed by atoms with van der Waals surface area (Å²) in [6.07, 6.45) is 0.282. The van der Waals surface area contributed by atoms with E-state index < -0.39 is 63.3 Å². The highest BCUT2D eigenvalue weighted by atomic mass is 16.3. The molecule has 0 spiro atoms. The van der Waals surface area contributed by atoms with Gasteiger partial charge in [0.15, 0.2) is 34.7 Å². The molecule has 0 aliphatic heterocycles. The van der Waals surface area contributed by atoms with Crippen molar-refractivity contribution in [2.75, 3.05) is 26.5 Å². The molecule has 2 saturated carbocycles. The maximum Gasteiger partial charge on any atom is 0.235 e. The van der Waals surface area contributed by atoms with Crippen LogP contribution in [0.25, 0.3) is 11.1 Å². The molecule has 2 aromatic carbocycles. The van der Waals surface area contributed by atoms with Crippen LogP contribution < -0.4 is 16.4 Å². The molecule has 244 valence electrons. The van der Waals surface area contributed by atoms with Crippen LogP contribution in [0.3, 0.4) is 0 Å². The molecule has 6 N–H and O–H groups in total. The number of aliphatic hydroxyl groups is 1. The third-order valence-electron chi connectivity index (χ3n) is 10.3. The molecule has 46 heavy (non-hydrogen) atoms. The number of amides is 2. The number of carbonyl (C=O) groups is 6. The highest BCUT2D eigenvalue weighted by Gasteiger charge is 2.76. The number of nitrogens with two attached hydrogens (primary N) is 1. The number of hydrogen-bond acceptors (Lipinski definition) is 10. The van der Waals surface area contributed by atoms with Gasteiger partial charge in [0.1, 0.15) is 5.75 Å². The monoisotopic (exact) mass is 632 g/mol. The van der Waals surface area contributed by atoms with E-state index in [1.54, 1.807) is 58.4 Å². The minimum Gasteiger partial charge on any atom is -0.507 e. The Morgan fingerprint density at radius 2 is 1.67 bits per heavy atom. The Labute approximate surface area is 266 Å². The van der Waals surface area contributed by atoms with Crippen LogP contribution in [-0.2, 0) is 30.4 Å². The van der Waals surface area contributed by atoms with E-state index in [2.05, 4.69) is 10.6 Å². The molecule has 3 aliphatic carbocycles. The first-order valence-corrected chi connectivity index (χ1v) is 15.2. The highest BCUT2D eigenvalue weighted by molar-refractivity contribution is 6.33. The summed E-state index contributed by atoms with van der Waals surface area (Å²) in [4.78, 5) is 82.1. The molecule has 5 rings (SSSR count). The normalized spacial score (nSPS) is 31.2. The van der Waals surface area contributed by atoms with Crippen LogP contribution in [-0.4, -0.2) is 88.9 Å². The van der Waals surface area contributed by atoms with Gasteiger partial charge in [-0.05, 0) is 81.2 Å². The molecule has 7 atom stereocenters. The minimum atomic E-state index is -2.86. The maximum absolute atomic E-state index is 14.4. The van der Waals surface area contributed by atoms with E-state index in [1.165, 1.54) is 17.9 Å².